The average molecular weight is 286 g/mol. The van der Waals surface area contributed by atoms with Gasteiger partial charge in [0.05, 0.1) is 0 Å². The lowest BCUT2D eigenvalue weighted by atomic mass is 9.87. The molecule has 3 rings (SSSR count). The van der Waals surface area contributed by atoms with E-state index < -0.39 is 0 Å². The van der Waals surface area contributed by atoms with Crippen molar-refractivity contribution in [3.8, 4) is 0 Å². The van der Waals surface area contributed by atoms with Gasteiger partial charge in [-0.2, -0.15) is 0 Å². The molecular weight excluding hydrogens is 266 g/mol. The van der Waals surface area contributed by atoms with Crippen LogP contribution in [0, 0.1) is 6.92 Å². The summed E-state index contributed by atoms with van der Waals surface area (Å²) in [6, 6.07) is 15.3. The van der Waals surface area contributed by atoms with E-state index in [9.17, 15) is 0 Å². The molecule has 0 radical (unpaired) electrons. The van der Waals surface area contributed by atoms with E-state index in [4.69, 9.17) is 11.6 Å². The smallest absolute Gasteiger partial charge is 0.0438 e. The van der Waals surface area contributed by atoms with Gasteiger partial charge in [0.25, 0.3) is 0 Å². The average Bonchev–Trinajstić information content (AvgIpc) is 2.61. The maximum atomic E-state index is 6.32. The molecule has 0 N–H and O–H groups in total. The SMILES string of the molecule is Cc1cc2c(cc1Cl)CCN(C)C[C@@H]2c1ccccc1. The Kier molecular flexibility index (Phi) is 3.82. The molecule has 0 aromatic heterocycles. The minimum Gasteiger partial charge on any atom is -0.305 e. The Bertz CT molecular complexity index is 606. The highest BCUT2D eigenvalue weighted by Gasteiger charge is 2.23. The second kappa shape index (κ2) is 5.59. The van der Waals surface area contributed by atoms with Gasteiger partial charge in [-0.05, 0) is 48.7 Å². The van der Waals surface area contributed by atoms with Crippen LogP contribution in [0.5, 0.6) is 0 Å². The Labute approximate surface area is 126 Å². The largest absolute Gasteiger partial charge is 0.305 e. The quantitative estimate of drug-likeness (QED) is 0.756. The van der Waals surface area contributed by atoms with Crippen LogP contribution in [0.25, 0.3) is 0 Å². The van der Waals surface area contributed by atoms with Crippen LogP contribution in [-0.4, -0.2) is 25.0 Å². The summed E-state index contributed by atoms with van der Waals surface area (Å²) < 4.78 is 0. The first kappa shape index (κ1) is 13.7. The third-order valence-electron chi connectivity index (χ3n) is 4.25. The van der Waals surface area contributed by atoms with Gasteiger partial charge >= 0.3 is 0 Å². The molecule has 2 heteroatoms. The molecule has 0 bridgehead atoms. The van der Waals surface area contributed by atoms with Crippen molar-refractivity contribution in [2.24, 2.45) is 0 Å². The Morgan fingerprint density at radius 3 is 2.65 bits per heavy atom. The van der Waals surface area contributed by atoms with Gasteiger partial charge in [0.1, 0.15) is 0 Å². The first-order valence-corrected chi connectivity index (χ1v) is 7.55. The second-order valence-electron chi connectivity index (χ2n) is 5.78. The van der Waals surface area contributed by atoms with Crippen LogP contribution in [-0.2, 0) is 6.42 Å². The highest BCUT2D eigenvalue weighted by atomic mass is 35.5. The summed E-state index contributed by atoms with van der Waals surface area (Å²) in [5.41, 5.74) is 5.42. The molecule has 0 amide bonds. The molecular formula is C18H20ClN. The fourth-order valence-electron chi connectivity index (χ4n) is 3.07. The second-order valence-corrected chi connectivity index (χ2v) is 6.18. The normalized spacial score (nSPS) is 19.4. The molecule has 20 heavy (non-hydrogen) atoms. The van der Waals surface area contributed by atoms with Gasteiger partial charge in [-0.25, -0.2) is 0 Å². The Morgan fingerprint density at radius 2 is 1.90 bits per heavy atom. The van der Waals surface area contributed by atoms with Crippen molar-refractivity contribution in [1.82, 2.24) is 4.90 Å². The highest BCUT2D eigenvalue weighted by molar-refractivity contribution is 6.31. The van der Waals surface area contributed by atoms with Crippen molar-refractivity contribution in [3.05, 3.63) is 69.7 Å². The van der Waals surface area contributed by atoms with Crippen LogP contribution in [0.2, 0.25) is 5.02 Å². The zero-order chi connectivity index (χ0) is 14.1. The van der Waals surface area contributed by atoms with Crippen LogP contribution in [0.1, 0.15) is 28.2 Å². The summed E-state index contributed by atoms with van der Waals surface area (Å²) >= 11 is 6.32. The minimum atomic E-state index is 0.440. The minimum absolute atomic E-state index is 0.440. The molecule has 1 heterocycles. The third-order valence-corrected chi connectivity index (χ3v) is 4.66. The van der Waals surface area contributed by atoms with Gasteiger partial charge in [-0.1, -0.05) is 48.0 Å². The fourth-order valence-corrected chi connectivity index (χ4v) is 3.26. The summed E-state index contributed by atoms with van der Waals surface area (Å²) in [5.74, 6) is 0.440. The molecule has 0 fully saturated rings. The molecule has 1 atom stereocenters. The molecule has 1 nitrogen and oxygen atoms in total. The predicted octanol–water partition coefficient (Wildman–Crippen LogP) is 4.27. The van der Waals surface area contributed by atoms with Gasteiger partial charge in [0, 0.05) is 24.0 Å². The van der Waals surface area contributed by atoms with Gasteiger partial charge in [-0.15, -0.1) is 0 Å². The van der Waals surface area contributed by atoms with E-state index in [1.54, 1.807) is 0 Å². The highest BCUT2D eigenvalue weighted by Crippen LogP contribution is 2.33. The molecule has 2 aromatic carbocycles. The maximum Gasteiger partial charge on any atom is 0.0438 e. The van der Waals surface area contributed by atoms with Gasteiger partial charge in [-0.3, -0.25) is 0 Å². The van der Waals surface area contributed by atoms with Crippen molar-refractivity contribution < 1.29 is 0 Å². The first-order chi connectivity index (χ1) is 9.65. The molecule has 0 aliphatic carbocycles. The summed E-state index contributed by atoms with van der Waals surface area (Å²) in [5, 5.41) is 0.889. The van der Waals surface area contributed by atoms with E-state index in [0.717, 1.165) is 24.5 Å². The topological polar surface area (TPSA) is 3.24 Å². The molecule has 1 aliphatic rings. The predicted molar refractivity (Wildman–Crippen MR) is 85.7 cm³/mol. The molecule has 104 valence electrons. The standard InChI is InChI=1S/C18H20ClN/c1-13-10-16-15(11-18(13)19)8-9-20(2)12-17(16)14-6-4-3-5-7-14/h3-7,10-11,17H,8-9,12H2,1-2H3/t17-/m1/s1. The number of rotatable bonds is 1. The lowest BCUT2D eigenvalue weighted by Gasteiger charge is -2.22. The lowest BCUT2D eigenvalue weighted by Crippen LogP contribution is -2.24. The van der Waals surface area contributed by atoms with Crippen LogP contribution in [0.3, 0.4) is 0 Å². The van der Waals surface area contributed by atoms with Crippen LogP contribution >= 0.6 is 11.6 Å². The van der Waals surface area contributed by atoms with Gasteiger partial charge in [0.15, 0.2) is 0 Å². The van der Waals surface area contributed by atoms with E-state index >= 15 is 0 Å². The van der Waals surface area contributed by atoms with Gasteiger partial charge < -0.3 is 4.90 Å². The summed E-state index contributed by atoms with van der Waals surface area (Å²) in [7, 11) is 2.20. The number of hydrogen-bond donors (Lipinski definition) is 0. The zero-order valence-electron chi connectivity index (χ0n) is 12.1. The van der Waals surface area contributed by atoms with E-state index in [0.29, 0.717) is 5.92 Å². The number of halogens is 1. The number of benzene rings is 2. The lowest BCUT2D eigenvalue weighted by molar-refractivity contribution is 0.338. The third kappa shape index (κ3) is 2.61. The molecule has 1 aliphatic heterocycles. The molecule has 0 unspecified atom stereocenters. The van der Waals surface area contributed by atoms with Crippen molar-refractivity contribution in [2.75, 3.05) is 20.1 Å². The van der Waals surface area contributed by atoms with E-state index in [2.05, 4.69) is 61.3 Å². The Morgan fingerprint density at radius 1 is 1.15 bits per heavy atom. The van der Waals surface area contributed by atoms with E-state index in [-0.39, 0.29) is 0 Å². The molecule has 0 saturated carbocycles. The van der Waals surface area contributed by atoms with Crippen molar-refractivity contribution in [1.29, 1.82) is 0 Å². The van der Waals surface area contributed by atoms with Crippen LogP contribution in [0.15, 0.2) is 42.5 Å². The fraction of sp³-hybridized carbons (Fsp3) is 0.333. The van der Waals surface area contributed by atoms with Crippen molar-refractivity contribution >= 4 is 11.6 Å². The molecule has 0 spiro atoms. The molecule has 0 saturated heterocycles. The number of fused-ring (bicyclic) bond motifs is 1. The van der Waals surface area contributed by atoms with Crippen LogP contribution < -0.4 is 0 Å². The Hall–Kier alpha value is -1.31. The molecule has 2 aromatic rings. The van der Waals surface area contributed by atoms with Crippen molar-refractivity contribution in [3.63, 3.8) is 0 Å². The number of nitrogens with zero attached hydrogens (tertiary/aromatic N) is 1. The summed E-state index contributed by atoms with van der Waals surface area (Å²) in [6.45, 7) is 4.26. The van der Waals surface area contributed by atoms with E-state index in [1.807, 2.05) is 0 Å². The number of aryl methyl sites for hydroxylation is 1. The first-order valence-electron chi connectivity index (χ1n) is 7.17. The van der Waals surface area contributed by atoms with Gasteiger partial charge in [0.2, 0.25) is 0 Å². The van der Waals surface area contributed by atoms with Crippen LogP contribution in [0.4, 0.5) is 0 Å². The maximum absolute atomic E-state index is 6.32. The Balaban J connectivity index is 2.12. The number of hydrogen-bond acceptors (Lipinski definition) is 1. The monoisotopic (exact) mass is 285 g/mol. The number of likely N-dealkylation sites (N-methyl/N-ethyl adjacent to an activating group) is 1. The van der Waals surface area contributed by atoms with E-state index in [1.165, 1.54) is 22.3 Å². The van der Waals surface area contributed by atoms with Crippen molar-refractivity contribution in [2.45, 2.75) is 19.3 Å². The zero-order valence-corrected chi connectivity index (χ0v) is 12.8. The summed E-state index contributed by atoms with van der Waals surface area (Å²) in [6.07, 6.45) is 1.08. The summed E-state index contributed by atoms with van der Waals surface area (Å²) in [4.78, 5) is 2.42.